The van der Waals surface area contributed by atoms with Gasteiger partial charge in [0.1, 0.15) is 0 Å². The molecule has 1 fully saturated rings. The Hall–Kier alpha value is -1.06. The SMILES string of the molecule is CC(C)CCC(=O)N1CCN(C(=O)C(C)C)CC1. The highest BCUT2D eigenvalue weighted by atomic mass is 16.2. The number of nitrogens with zero attached hydrogens (tertiary/aromatic N) is 2. The first-order valence-corrected chi connectivity index (χ1v) is 6.98. The molecule has 4 heteroatoms. The fraction of sp³-hybridized carbons (Fsp3) is 0.857. The molecule has 1 aliphatic heterocycles. The van der Waals surface area contributed by atoms with Gasteiger partial charge in [-0.05, 0) is 12.3 Å². The monoisotopic (exact) mass is 254 g/mol. The lowest BCUT2D eigenvalue weighted by Gasteiger charge is -2.35. The van der Waals surface area contributed by atoms with E-state index in [0.717, 1.165) is 6.42 Å². The second-order valence-corrected chi connectivity index (χ2v) is 5.79. The lowest BCUT2D eigenvalue weighted by Crippen LogP contribution is -2.51. The van der Waals surface area contributed by atoms with E-state index in [1.807, 2.05) is 23.6 Å². The number of piperazine rings is 1. The van der Waals surface area contributed by atoms with Crippen LogP contribution in [0.1, 0.15) is 40.5 Å². The molecular formula is C14H26N2O2. The van der Waals surface area contributed by atoms with Crippen molar-refractivity contribution in [3.8, 4) is 0 Å². The van der Waals surface area contributed by atoms with Crippen LogP contribution in [-0.4, -0.2) is 47.8 Å². The third kappa shape index (κ3) is 4.31. The number of hydrogen-bond donors (Lipinski definition) is 0. The lowest BCUT2D eigenvalue weighted by atomic mass is 10.1. The normalized spacial score (nSPS) is 16.6. The van der Waals surface area contributed by atoms with Crippen molar-refractivity contribution in [3.05, 3.63) is 0 Å². The third-order valence-corrected chi connectivity index (χ3v) is 3.37. The Morgan fingerprint density at radius 2 is 1.44 bits per heavy atom. The molecule has 0 saturated carbocycles. The molecule has 0 radical (unpaired) electrons. The number of hydrogen-bond acceptors (Lipinski definition) is 2. The zero-order valence-electron chi connectivity index (χ0n) is 12.1. The summed E-state index contributed by atoms with van der Waals surface area (Å²) in [7, 11) is 0. The zero-order valence-corrected chi connectivity index (χ0v) is 12.1. The van der Waals surface area contributed by atoms with Gasteiger partial charge in [-0.25, -0.2) is 0 Å². The number of carbonyl (C=O) groups excluding carboxylic acids is 2. The van der Waals surface area contributed by atoms with Crippen LogP contribution in [-0.2, 0) is 9.59 Å². The quantitative estimate of drug-likeness (QED) is 0.767. The van der Waals surface area contributed by atoms with Gasteiger partial charge >= 0.3 is 0 Å². The van der Waals surface area contributed by atoms with E-state index >= 15 is 0 Å². The van der Waals surface area contributed by atoms with Crippen molar-refractivity contribution in [2.24, 2.45) is 11.8 Å². The van der Waals surface area contributed by atoms with E-state index in [1.54, 1.807) is 0 Å². The molecule has 0 unspecified atom stereocenters. The van der Waals surface area contributed by atoms with Gasteiger partial charge in [0.05, 0.1) is 0 Å². The molecule has 0 atom stereocenters. The van der Waals surface area contributed by atoms with E-state index in [1.165, 1.54) is 0 Å². The fourth-order valence-electron chi connectivity index (χ4n) is 2.11. The summed E-state index contributed by atoms with van der Waals surface area (Å²) in [6.07, 6.45) is 1.58. The molecule has 0 aliphatic carbocycles. The van der Waals surface area contributed by atoms with E-state index < -0.39 is 0 Å². The molecule has 0 aromatic heterocycles. The maximum atomic E-state index is 11.9. The van der Waals surface area contributed by atoms with E-state index in [9.17, 15) is 9.59 Å². The Bertz CT molecular complexity index is 292. The minimum atomic E-state index is 0.0493. The van der Waals surface area contributed by atoms with E-state index in [2.05, 4.69) is 13.8 Å². The molecule has 0 aromatic carbocycles. The smallest absolute Gasteiger partial charge is 0.225 e. The first-order chi connectivity index (χ1) is 8.41. The molecule has 1 aliphatic rings. The summed E-state index contributed by atoms with van der Waals surface area (Å²) in [5.41, 5.74) is 0. The zero-order chi connectivity index (χ0) is 13.7. The van der Waals surface area contributed by atoms with Crippen molar-refractivity contribution < 1.29 is 9.59 Å². The standard InChI is InChI=1S/C14H26N2O2/c1-11(2)5-6-13(17)15-7-9-16(10-8-15)14(18)12(3)4/h11-12H,5-10H2,1-4H3. The van der Waals surface area contributed by atoms with E-state index in [0.29, 0.717) is 38.5 Å². The highest BCUT2D eigenvalue weighted by molar-refractivity contribution is 5.79. The van der Waals surface area contributed by atoms with Crippen LogP contribution in [0.5, 0.6) is 0 Å². The average Bonchev–Trinajstić information content (AvgIpc) is 2.35. The molecule has 0 spiro atoms. The number of amides is 2. The largest absolute Gasteiger partial charge is 0.339 e. The van der Waals surface area contributed by atoms with Crippen LogP contribution in [0.4, 0.5) is 0 Å². The second-order valence-electron chi connectivity index (χ2n) is 5.79. The van der Waals surface area contributed by atoms with Crippen molar-refractivity contribution >= 4 is 11.8 Å². The summed E-state index contributed by atoms with van der Waals surface area (Å²) in [4.78, 5) is 27.5. The molecule has 104 valence electrons. The predicted molar refractivity (Wildman–Crippen MR) is 72.1 cm³/mol. The van der Waals surface area contributed by atoms with E-state index in [-0.39, 0.29) is 17.7 Å². The van der Waals surface area contributed by atoms with Crippen molar-refractivity contribution in [2.45, 2.75) is 40.5 Å². The van der Waals surface area contributed by atoms with Gasteiger partial charge in [0.2, 0.25) is 11.8 Å². The molecule has 0 N–H and O–H groups in total. The van der Waals surface area contributed by atoms with Crippen LogP contribution in [0, 0.1) is 11.8 Å². The highest BCUT2D eigenvalue weighted by Crippen LogP contribution is 2.11. The third-order valence-electron chi connectivity index (χ3n) is 3.37. The van der Waals surface area contributed by atoms with Crippen molar-refractivity contribution in [1.82, 2.24) is 9.80 Å². The fourth-order valence-corrected chi connectivity index (χ4v) is 2.11. The average molecular weight is 254 g/mol. The Morgan fingerprint density at radius 1 is 0.944 bits per heavy atom. The van der Waals surface area contributed by atoms with Gasteiger partial charge in [-0.2, -0.15) is 0 Å². The Morgan fingerprint density at radius 3 is 1.89 bits per heavy atom. The van der Waals surface area contributed by atoms with Gasteiger partial charge < -0.3 is 9.80 Å². The maximum Gasteiger partial charge on any atom is 0.225 e. The molecule has 1 heterocycles. The number of carbonyl (C=O) groups is 2. The lowest BCUT2D eigenvalue weighted by molar-refractivity contribution is -0.141. The first-order valence-electron chi connectivity index (χ1n) is 6.98. The van der Waals surface area contributed by atoms with E-state index in [4.69, 9.17) is 0 Å². The summed E-state index contributed by atoms with van der Waals surface area (Å²) in [5, 5.41) is 0. The summed E-state index contributed by atoms with van der Waals surface area (Å²) >= 11 is 0. The molecular weight excluding hydrogens is 228 g/mol. The highest BCUT2D eigenvalue weighted by Gasteiger charge is 2.24. The van der Waals surface area contributed by atoms with Gasteiger partial charge in [-0.1, -0.05) is 27.7 Å². The van der Waals surface area contributed by atoms with Crippen molar-refractivity contribution in [1.29, 1.82) is 0 Å². The molecule has 1 saturated heterocycles. The van der Waals surface area contributed by atoms with Crippen LogP contribution in [0.2, 0.25) is 0 Å². The van der Waals surface area contributed by atoms with Crippen LogP contribution < -0.4 is 0 Å². The summed E-state index contributed by atoms with van der Waals surface area (Å²) < 4.78 is 0. The van der Waals surface area contributed by atoms with Gasteiger partial charge in [-0.3, -0.25) is 9.59 Å². The minimum Gasteiger partial charge on any atom is -0.339 e. The molecule has 18 heavy (non-hydrogen) atoms. The first kappa shape index (κ1) is 15.0. The van der Waals surface area contributed by atoms with Crippen molar-refractivity contribution in [3.63, 3.8) is 0 Å². The van der Waals surface area contributed by atoms with Crippen LogP contribution >= 0.6 is 0 Å². The number of rotatable bonds is 4. The molecule has 2 amide bonds. The van der Waals surface area contributed by atoms with Gasteiger partial charge in [0.15, 0.2) is 0 Å². The Labute approximate surface area is 110 Å². The predicted octanol–water partition coefficient (Wildman–Crippen LogP) is 1.75. The summed E-state index contributed by atoms with van der Waals surface area (Å²) in [6.45, 7) is 10.9. The Kier molecular flexibility index (Phi) is 5.63. The summed E-state index contributed by atoms with van der Waals surface area (Å²) in [5.74, 6) is 1.05. The summed E-state index contributed by atoms with van der Waals surface area (Å²) in [6, 6.07) is 0. The minimum absolute atomic E-state index is 0.0493. The topological polar surface area (TPSA) is 40.6 Å². The van der Waals surface area contributed by atoms with Gasteiger partial charge in [-0.15, -0.1) is 0 Å². The molecule has 1 rings (SSSR count). The van der Waals surface area contributed by atoms with Crippen LogP contribution in [0.3, 0.4) is 0 Å². The van der Waals surface area contributed by atoms with Crippen molar-refractivity contribution in [2.75, 3.05) is 26.2 Å². The van der Waals surface area contributed by atoms with Crippen LogP contribution in [0.25, 0.3) is 0 Å². The van der Waals surface area contributed by atoms with Gasteiger partial charge in [0.25, 0.3) is 0 Å². The molecule has 0 aromatic rings. The Balaban J connectivity index is 2.35. The molecule has 0 bridgehead atoms. The van der Waals surface area contributed by atoms with Crippen LogP contribution in [0.15, 0.2) is 0 Å². The molecule has 4 nitrogen and oxygen atoms in total. The second kappa shape index (κ2) is 6.76. The van der Waals surface area contributed by atoms with Gasteiger partial charge in [0, 0.05) is 38.5 Å². The maximum absolute atomic E-state index is 11.9.